The second kappa shape index (κ2) is 9.80. The molecule has 0 radical (unpaired) electrons. The highest BCUT2D eigenvalue weighted by molar-refractivity contribution is 6.30. The molecule has 10 heteroatoms. The van der Waals surface area contributed by atoms with Crippen LogP contribution in [0.15, 0.2) is 60.9 Å². The molecule has 0 unspecified atom stereocenters. The SMILES string of the molecule is Cc1c(NC(=O)c2c(NC(=O)c3cccc(COc4cccc(Cl)c4)c3)cnn2C)cnn1C. The van der Waals surface area contributed by atoms with E-state index in [4.69, 9.17) is 16.3 Å². The Labute approximate surface area is 201 Å². The van der Waals surface area contributed by atoms with Crippen molar-refractivity contribution in [1.29, 1.82) is 0 Å². The fourth-order valence-corrected chi connectivity index (χ4v) is 3.50. The molecule has 0 fully saturated rings. The van der Waals surface area contributed by atoms with Gasteiger partial charge >= 0.3 is 0 Å². The summed E-state index contributed by atoms with van der Waals surface area (Å²) in [6, 6.07) is 14.2. The van der Waals surface area contributed by atoms with Crippen LogP contribution in [0.25, 0.3) is 0 Å². The van der Waals surface area contributed by atoms with Crippen molar-refractivity contribution in [1.82, 2.24) is 19.6 Å². The van der Waals surface area contributed by atoms with Crippen molar-refractivity contribution < 1.29 is 14.3 Å². The number of carbonyl (C=O) groups is 2. The van der Waals surface area contributed by atoms with Gasteiger partial charge in [0.25, 0.3) is 11.8 Å². The first-order valence-electron chi connectivity index (χ1n) is 10.4. The number of nitrogens with zero attached hydrogens (tertiary/aromatic N) is 4. The molecule has 0 atom stereocenters. The minimum Gasteiger partial charge on any atom is -0.489 e. The van der Waals surface area contributed by atoms with Crippen LogP contribution in [0.3, 0.4) is 0 Å². The van der Waals surface area contributed by atoms with Crippen LogP contribution >= 0.6 is 11.6 Å². The topological polar surface area (TPSA) is 103 Å². The molecular formula is C24H23ClN6O3. The molecule has 0 aliphatic rings. The van der Waals surface area contributed by atoms with Gasteiger partial charge in [0.15, 0.2) is 0 Å². The van der Waals surface area contributed by atoms with Crippen molar-refractivity contribution in [3.63, 3.8) is 0 Å². The first-order chi connectivity index (χ1) is 16.3. The van der Waals surface area contributed by atoms with E-state index in [1.807, 2.05) is 19.1 Å². The van der Waals surface area contributed by atoms with E-state index in [1.54, 1.807) is 61.4 Å². The summed E-state index contributed by atoms with van der Waals surface area (Å²) in [5, 5.41) is 14.4. The van der Waals surface area contributed by atoms with Crippen LogP contribution in [0.4, 0.5) is 11.4 Å². The van der Waals surface area contributed by atoms with E-state index >= 15 is 0 Å². The summed E-state index contributed by atoms with van der Waals surface area (Å²) in [7, 11) is 3.42. The predicted molar refractivity (Wildman–Crippen MR) is 129 cm³/mol. The van der Waals surface area contributed by atoms with Crippen molar-refractivity contribution in [3.8, 4) is 5.75 Å². The van der Waals surface area contributed by atoms with Gasteiger partial charge in [-0.2, -0.15) is 10.2 Å². The van der Waals surface area contributed by atoms with E-state index in [0.29, 0.717) is 27.7 Å². The average Bonchev–Trinajstić information content (AvgIpc) is 3.34. The zero-order valence-corrected chi connectivity index (χ0v) is 19.6. The Morgan fingerprint density at radius 3 is 2.38 bits per heavy atom. The highest BCUT2D eigenvalue weighted by Crippen LogP contribution is 2.21. The number of hydrogen-bond donors (Lipinski definition) is 2. The average molecular weight is 479 g/mol. The summed E-state index contributed by atoms with van der Waals surface area (Å²) in [6.45, 7) is 2.12. The Morgan fingerprint density at radius 2 is 1.65 bits per heavy atom. The number of nitrogens with one attached hydrogen (secondary N) is 2. The normalized spacial score (nSPS) is 10.7. The molecule has 0 bridgehead atoms. The minimum absolute atomic E-state index is 0.219. The quantitative estimate of drug-likeness (QED) is 0.414. The molecule has 0 aliphatic carbocycles. The van der Waals surface area contributed by atoms with Gasteiger partial charge in [-0.1, -0.05) is 29.8 Å². The van der Waals surface area contributed by atoms with Crippen LogP contribution in [0.2, 0.25) is 5.02 Å². The van der Waals surface area contributed by atoms with E-state index in [-0.39, 0.29) is 18.2 Å². The summed E-state index contributed by atoms with van der Waals surface area (Å²) >= 11 is 5.99. The van der Waals surface area contributed by atoms with Gasteiger partial charge in [-0.05, 0) is 42.8 Å². The van der Waals surface area contributed by atoms with Crippen LogP contribution in [0, 0.1) is 6.92 Å². The van der Waals surface area contributed by atoms with Crippen molar-refractivity contribution in [2.24, 2.45) is 14.1 Å². The lowest BCUT2D eigenvalue weighted by molar-refractivity contribution is 0.101. The smallest absolute Gasteiger partial charge is 0.276 e. The molecule has 0 spiro atoms. The van der Waals surface area contributed by atoms with Gasteiger partial charge in [-0.3, -0.25) is 19.0 Å². The van der Waals surface area contributed by atoms with Crippen molar-refractivity contribution in [2.45, 2.75) is 13.5 Å². The number of aryl methyl sites for hydroxylation is 2. The number of carbonyl (C=O) groups excluding carboxylic acids is 2. The minimum atomic E-state index is -0.407. The Bertz CT molecular complexity index is 1360. The van der Waals surface area contributed by atoms with E-state index in [9.17, 15) is 9.59 Å². The van der Waals surface area contributed by atoms with Gasteiger partial charge in [0.05, 0.1) is 29.5 Å². The standard InChI is InChI=1S/C24H23ClN6O3/c1-15-20(12-26-30(15)2)28-24(33)22-21(13-27-31(22)3)29-23(32)17-7-4-6-16(10-17)14-34-19-9-5-8-18(25)11-19/h4-13H,14H2,1-3H3,(H,28,33)(H,29,32). The summed E-state index contributed by atoms with van der Waals surface area (Å²) in [6.07, 6.45) is 3.01. The van der Waals surface area contributed by atoms with Gasteiger partial charge in [-0.25, -0.2) is 0 Å². The van der Waals surface area contributed by atoms with Crippen molar-refractivity contribution in [3.05, 3.63) is 88.5 Å². The number of hydrogen-bond acceptors (Lipinski definition) is 5. The lowest BCUT2D eigenvalue weighted by Gasteiger charge is -2.10. The first-order valence-corrected chi connectivity index (χ1v) is 10.8. The van der Waals surface area contributed by atoms with Crippen molar-refractivity contribution in [2.75, 3.05) is 10.6 Å². The molecule has 2 aromatic heterocycles. The first kappa shape index (κ1) is 23.1. The largest absolute Gasteiger partial charge is 0.489 e. The highest BCUT2D eigenvalue weighted by Gasteiger charge is 2.21. The lowest BCUT2D eigenvalue weighted by Crippen LogP contribution is -2.20. The maximum atomic E-state index is 12.9. The van der Waals surface area contributed by atoms with E-state index < -0.39 is 5.91 Å². The van der Waals surface area contributed by atoms with Crippen LogP contribution in [0.1, 0.15) is 32.1 Å². The summed E-state index contributed by atoms with van der Waals surface area (Å²) < 4.78 is 8.82. The molecule has 2 heterocycles. The van der Waals surface area contributed by atoms with Crippen LogP contribution in [-0.2, 0) is 20.7 Å². The Kier molecular flexibility index (Phi) is 6.65. The monoisotopic (exact) mass is 478 g/mol. The van der Waals surface area contributed by atoms with Gasteiger partial charge in [0, 0.05) is 24.7 Å². The zero-order valence-electron chi connectivity index (χ0n) is 18.9. The predicted octanol–water partition coefficient (Wildman–Crippen LogP) is 4.20. The summed E-state index contributed by atoms with van der Waals surface area (Å²) in [5.41, 5.74) is 3.13. The maximum absolute atomic E-state index is 12.9. The molecule has 9 nitrogen and oxygen atoms in total. The van der Waals surface area contributed by atoms with Gasteiger partial charge < -0.3 is 15.4 Å². The fourth-order valence-electron chi connectivity index (χ4n) is 3.32. The van der Waals surface area contributed by atoms with E-state index in [0.717, 1.165) is 11.3 Å². The molecule has 2 amide bonds. The van der Waals surface area contributed by atoms with Crippen LogP contribution < -0.4 is 15.4 Å². The van der Waals surface area contributed by atoms with E-state index in [2.05, 4.69) is 20.8 Å². The van der Waals surface area contributed by atoms with Crippen LogP contribution in [-0.4, -0.2) is 31.4 Å². The fraction of sp³-hybridized carbons (Fsp3) is 0.167. The van der Waals surface area contributed by atoms with Gasteiger partial charge in [0.2, 0.25) is 0 Å². The second-order valence-corrected chi connectivity index (χ2v) is 8.09. The molecule has 0 aliphatic heterocycles. The number of ether oxygens (including phenoxy) is 1. The Hall–Kier alpha value is -4.11. The summed E-state index contributed by atoms with van der Waals surface area (Å²) in [5.74, 6) is -0.142. The molecule has 174 valence electrons. The van der Waals surface area contributed by atoms with Crippen LogP contribution in [0.5, 0.6) is 5.75 Å². The molecule has 4 aromatic rings. The second-order valence-electron chi connectivity index (χ2n) is 7.65. The molecule has 4 rings (SSSR count). The number of aromatic nitrogens is 4. The molecule has 34 heavy (non-hydrogen) atoms. The van der Waals surface area contributed by atoms with E-state index in [1.165, 1.54) is 10.9 Å². The molecular weight excluding hydrogens is 456 g/mol. The molecule has 2 N–H and O–H groups in total. The zero-order chi connectivity index (χ0) is 24.2. The lowest BCUT2D eigenvalue weighted by atomic mass is 10.1. The number of benzene rings is 2. The third kappa shape index (κ3) is 5.10. The van der Waals surface area contributed by atoms with Gasteiger partial charge in [-0.15, -0.1) is 0 Å². The molecule has 0 saturated heterocycles. The highest BCUT2D eigenvalue weighted by atomic mass is 35.5. The van der Waals surface area contributed by atoms with Crippen molar-refractivity contribution >= 4 is 34.8 Å². The number of rotatable bonds is 7. The number of amides is 2. The molecule has 0 saturated carbocycles. The summed E-state index contributed by atoms with van der Waals surface area (Å²) in [4.78, 5) is 25.8. The Balaban J connectivity index is 1.46. The number of anilines is 2. The third-order valence-electron chi connectivity index (χ3n) is 5.28. The maximum Gasteiger partial charge on any atom is 0.276 e. The number of halogens is 1. The van der Waals surface area contributed by atoms with Gasteiger partial charge in [0.1, 0.15) is 18.1 Å². The third-order valence-corrected chi connectivity index (χ3v) is 5.51. The Morgan fingerprint density at radius 1 is 0.941 bits per heavy atom. The molecule has 2 aromatic carbocycles.